The van der Waals surface area contributed by atoms with Gasteiger partial charge in [0.25, 0.3) is 0 Å². The molecular weight excluding hydrogens is 608 g/mol. The molecule has 49 heavy (non-hydrogen) atoms. The van der Waals surface area contributed by atoms with Gasteiger partial charge in [-0.1, -0.05) is 151 Å². The van der Waals surface area contributed by atoms with E-state index in [1.165, 1.54) is 57.8 Å². The lowest BCUT2D eigenvalue weighted by atomic mass is 10.1. The van der Waals surface area contributed by atoms with E-state index in [0.717, 1.165) is 89.9 Å². The standard InChI is InChI=1S/C44H74O5/c1-3-5-7-9-11-13-15-17-19-21-23-24-26-28-30-32-34-36-38-43(46)48-41-42(40-45)49-44(47)39-37-35-33-31-29-27-25-22-20-18-16-14-12-10-8-6-4-2/h6,8,12-15,18-21,25,27,42,45H,3-5,7,9-11,16-17,22-24,26,28-41H2,1-2H3/b8-6-,14-12-,15-13-,20-18-,21-19-,27-25-. The predicted molar refractivity (Wildman–Crippen MR) is 210 cm³/mol. The third kappa shape index (κ3) is 38.0. The van der Waals surface area contributed by atoms with Crippen LogP contribution in [0.15, 0.2) is 72.9 Å². The Morgan fingerprint density at radius 1 is 0.490 bits per heavy atom. The van der Waals surface area contributed by atoms with Gasteiger partial charge in [-0.2, -0.15) is 0 Å². The van der Waals surface area contributed by atoms with Crippen LogP contribution in [0.3, 0.4) is 0 Å². The lowest BCUT2D eigenvalue weighted by molar-refractivity contribution is -0.161. The summed E-state index contributed by atoms with van der Waals surface area (Å²) in [6.45, 7) is 3.97. The third-order valence-electron chi connectivity index (χ3n) is 8.23. The highest BCUT2D eigenvalue weighted by molar-refractivity contribution is 5.70. The lowest BCUT2D eigenvalue weighted by Crippen LogP contribution is -2.28. The second-order valence-electron chi connectivity index (χ2n) is 13.0. The molecule has 0 bridgehead atoms. The summed E-state index contributed by atoms with van der Waals surface area (Å²) >= 11 is 0. The first kappa shape index (κ1) is 46.3. The maximum absolute atomic E-state index is 12.2. The lowest BCUT2D eigenvalue weighted by Gasteiger charge is -2.15. The number of aliphatic hydroxyl groups is 1. The quantitative estimate of drug-likeness (QED) is 0.0409. The van der Waals surface area contributed by atoms with Gasteiger partial charge in [-0.3, -0.25) is 9.59 Å². The predicted octanol–water partition coefficient (Wildman–Crippen LogP) is 12.6. The summed E-state index contributed by atoms with van der Waals surface area (Å²) in [6.07, 6.45) is 52.4. The van der Waals surface area contributed by atoms with Gasteiger partial charge in [0.1, 0.15) is 6.61 Å². The number of esters is 2. The minimum absolute atomic E-state index is 0.0836. The normalized spacial score (nSPS) is 13.0. The molecule has 1 unspecified atom stereocenters. The van der Waals surface area contributed by atoms with E-state index < -0.39 is 6.10 Å². The highest BCUT2D eigenvalue weighted by atomic mass is 16.6. The average molecular weight is 683 g/mol. The second kappa shape index (κ2) is 39.8. The molecule has 0 saturated carbocycles. The van der Waals surface area contributed by atoms with Crippen molar-refractivity contribution >= 4 is 11.9 Å². The fraction of sp³-hybridized carbons (Fsp3) is 0.682. The first-order valence-corrected chi connectivity index (χ1v) is 20.0. The van der Waals surface area contributed by atoms with Gasteiger partial charge < -0.3 is 14.6 Å². The summed E-state index contributed by atoms with van der Waals surface area (Å²) in [6, 6.07) is 0. The first-order chi connectivity index (χ1) is 24.1. The van der Waals surface area contributed by atoms with Crippen LogP contribution in [0.5, 0.6) is 0 Å². The van der Waals surface area contributed by atoms with E-state index in [1.807, 2.05) is 0 Å². The Bertz CT molecular complexity index is 910. The van der Waals surface area contributed by atoms with E-state index in [9.17, 15) is 14.7 Å². The van der Waals surface area contributed by atoms with E-state index in [0.29, 0.717) is 12.8 Å². The van der Waals surface area contributed by atoms with Gasteiger partial charge in [0, 0.05) is 12.8 Å². The van der Waals surface area contributed by atoms with Crippen molar-refractivity contribution in [3.8, 4) is 0 Å². The van der Waals surface area contributed by atoms with Crippen LogP contribution >= 0.6 is 0 Å². The number of allylic oxidation sites excluding steroid dienone is 12. The van der Waals surface area contributed by atoms with Crippen LogP contribution in [0.4, 0.5) is 0 Å². The molecule has 0 aromatic rings. The Morgan fingerprint density at radius 2 is 0.878 bits per heavy atom. The maximum Gasteiger partial charge on any atom is 0.306 e. The number of aliphatic hydroxyl groups excluding tert-OH is 1. The van der Waals surface area contributed by atoms with Crippen molar-refractivity contribution in [2.24, 2.45) is 0 Å². The molecular formula is C44H74O5. The minimum Gasteiger partial charge on any atom is -0.462 e. The smallest absolute Gasteiger partial charge is 0.306 e. The fourth-order valence-corrected chi connectivity index (χ4v) is 5.22. The van der Waals surface area contributed by atoms with Crippen LogP contribution in [-0.2, 0) is 19.1 Å². The summed E-state index contributed by atoms with van der Waals surface area (Å²) < 4.78 is 10.6. The molecule has 0 aromatic heterocycles. The van der Waals surface area contributed by atoms with Crippen molar-refractivity contribution in [3.05, 3.63) is 72.9 Å². The summed E-state index contributed by atoms with van der Waals surface area (Å²) in [4.78, 5) is 24.3. The van der Waals surface area contributed by atoms with Crippen molar-refractivity contribution < 1.29 is 24.2 Å². The summed E-state index contributed by atoms with van der Waals surface area (Å²) in [7, 11) is 0. The highest BCUT2D eigenvalue weighted by Gasteiger charge is 2.16. The molecule has 0 aromatic carbocycles. The number of rotatable bonds is 35. The third-order valence-corrected chi connectivity index (χ3v) is 8.23. The molecule has 0 rings (SSSR count). The van der Waals surface area contributed by atoms with E-state index in [-0.39, 0.29) is 25.2 Å². The van der Waals surface area contributed by atoms with Crippen molar-refractivity contribution in [3.63, 3.8) is 0 Å². The number of carbonyl (C=O) groups excluding carboxylic acids is 2. The number of carbonyl (C=O) groups is 2. The molecule has 0 spiro atoms. The molecule has 0 heterocycles. The minimum atomic E-state index is -0.791. The molecule has 0 aliphatic heterocycles. The molecule has 5 nitrogen and oxygen atoms in total. The van der Waals surface area contributed by atoms with Crippen LogP contribution in [0, 0.1) is 0 Å². The molecule has 0 aliphatic carbocycles. The van der Waals surface area contributed by atoms with Gasteiger partial charge in [-0.15, -0.1) is 0 Å². The maximum atomic E-state index is 12.2. The molecule has 280 valence electrons. The van der Waals surface area contributed by atoms with Gasteiger partial charge in [0.05, 0.1) is 6.61 Å². The molecule has 0 fully saturated rings. The van der Waals surface area contributed by atoms with Gasteiger partial charge in [-0.25, -0.2) is 0 Å². The zero-order valence-corrected chi connectivity index (χ0v) is 31.7. The van der Waals surface area contributed by atoms with Crippen LogP contribution < -0.4 is 0 Å². The van der Waals surface area contributed by atoms with Gasteiger partial charge in [-0.05, 0) is 83.5 Å². The Morgan fingerprint density at radius 3 is 1.33 bits per heavy atom. The van der Waals surface area contributed by atoms with Crippen molar-refractivity contribution in [1.29, 1.82) is 0 Å². The van der Waals surface area contributed by atoms with Crippen molar-refractivity contribution in [1.82, 2.24) is 0 Å². The van der Waals surface area contributed by atoms with E-state index in [2.05, 4.69) is 86.8 Å². The SMILES string of the molecule is CC/C=C\C/C=C\C/C=C\C/C=C\CCCCCCC(=O)OC(CO)COC(=O)CCCCCCCCC/C=C\C/C=C\CCCCCC. The summed E-state index contributed by atoms with van der Waals surface area (Å²) in [5.41, 5.74) is 0. The Labute approximate surface area is 302 Å². The number of ether oxygens (including phenoxy) is 2. The zero-order valence-electron chi connectivity index (χ0n) is 31.7. The van der Waals surface area contributed by atoms with Crippen LogP contribution in [0.25, 0.3) is 0 Å². The summed E-state index contributed by atoms with van der Waals surface area (Å²) in [5.74, 6) is -0.633. The fourth-order valence-electron chi connectivity index (χ4n) is 5.22. The summed E-state index contributed by atoms with van der Waals surface area (Å²) in [5, 5.41) is 9.56. The van der Waals surface area contributed by atoms with E-state index >= 15 is 0 Å². The molecule has 5 heteroatoms. The number of unbranched alkanes of at least 4 members (excludes halogenated alkanes) is 15. The molecule has 0 aliphatic rings. The van der Waals surface area contributed by atoms with Gasteiger partial charge in [0.2, 0.25) is 0 Å². The topological polar surface area (TPSA) is 72.8 Å². The number of hydrogen-bond acceptors (Lipinski definition) is 5. The van der Waals surface area contributed by atoms with Crippen molar-refractivity contribution in [2.45, 2.75) is 180 Å². The number of hydrogen-bond donors (Lipinski definition) is 1. The highest BCUT2D eigenvalue weighted by Crippen LogP contribution is 2.12. The molecule has 0 amide bonds. The van der Waals surface area contributed by atoms with Crippen LogP contribution in [0.1, 0.15) is 174 Å². The Balaban J connectivity index is 3.64. The molecule has 0 radical (unpaired) electrons. The van der Waals surface area contributed by atoms with Gasteiger partial charge >= 0.3 is 11.9 Å². The van der Waals surface area contributed by atoms with E-state index in [1.54, 1.807) is 0 Å². The van der Waals surface area contributed by atoms with Crippen LogP contribution in [-0.4, -0.2) is 36.4 Å². The molecule has 1 atom stereocenters. The second-order valence-corrected chi connectivity index (χ2v) is 13.0. The van der Waals surface area contributed by atoms with E-state index in [4.69, 9.17) is 9.47 Å². The Hall–Kier alpha value is -2.66. The Kier molecular flexibility index (Phi) is 37.6. The van der Waals surface area contributed by atoms with Crippen molar-refractivity contribution in [2.75, 3.05) is 13.2 Å². The molecule has 0 saturated heterocycles. The monoisotopic (exact) mass is 683 g/mol. The van der Waals surface area contributed by atoms with Gasteiger partial charge in [0.15, 0.2) is 6.10 Å². The zero-order chi connectivity index (χ0) is 35.7. The first-order valence-electron chi connectivity index (χ1n) is 20.0. The average Bonchev–Trinajstić information content (AvgIpc) is 3.10. The largest absolute Gasteiger partial charge is 0.462 e. The van der Waals surface area contributed by atoms with Crippen LogP contribution in [0.2, 0.25) is 0 Å². The molecule has 1 N–H and O–H groups in total.